The molecule has 3 aromatic rings. The van der Waals surface area contributed by atoms with Crippen LogP contribution >= 0.6 is 11.8 Å². The van der Waals surface area contributed by atoms with Gasteiger partial charge in [-0.3, -0.25) is 4.79 Å². The molecule has 33 heavy (non-hydrogen) atoms. The van der Waals surface area contributed by atoms with E-state index in [2.05, 4.69) is 63.2 Å². The maximum atomic E-state index is 13.7. The number of thioether (sulfide) groups is 1. The highest BCUT2D eigenvalue weighted by Gasteiger charge is 2.42. The molecule has 0 bridgehead atoms. The molecule has 3 aromatic carbocycles. The minimum atomic E-state index is -0.383. The fourth-order valence-electron chi connectivity index (χ4n) is 5.09. The van der Waals surface area contributed by atoms with Crippen molar-refractivity contribution >= 4 is 17.7 Å². The summed E-state index contributed by atoms with van der Waals surface area (Å²) in [6, 6.07) is 30.8. The van der Waals surface area contributed by atoms with E-state index in [1.807, 2.05) is 48.5 Å². The fourth-order valence-corrected chi connectivity index (χ4v) is 6.12. The smallest absolute Gasteiger partial charge is 0.324 e. The Labute approximate surface area is 202 Å². The van der Waals surface area contributed by atoms with Crippen LogP contribution in [0.2, 0.25) is 0 Å². The highest BCUT2D eigenvalue weighted by Crippen LogP contribution is 2.45. The molecule has 4 rings (SSSR count). The summed E-state index contributed by atoms with van der Waals surface area (Å²) in [5.74, 6) is 0.712. The van der Waals surface area contributed by atoms with Crippen LogP contribution in [0.1, 0.15) is 56.4 Å². The van der Waals surface area contributed by atoms with Crippen LogP contribution in [0.3, 0.4) is 0 Å². The van der Waals surface area contributed by atoms with E-state index in [1.54, 1.807) is 11.8 Å². The van der Waals surface area contributed by atoms with Crippen LogP contribution in [-0.4, -0.2) is 12.1 Å². The van der Waals surface area contributed by atoms with Crippen molar-refractivity contribution in [3.05, 3.63) is 102 Å². The first-order valence-electron chi connectivity index (χ1n) is 12.0. The lowest BCUT2D eigenvalue weighted by atomic mass is 9.64. The number of esters is 1. The van der Waals surface area contributed by atoms with E-state index >= 15 is 0 Å². The molecule has 1 aliphatic rings. The van der Waals surface area contributed by atoms with Gasteiger partial charge in [0, 0.05) is 10.8 Å². The SMILES string of the molecule is C[C@@H]1CC[C@@H](C(C)(C)c2ccccc2)[C@H](OC(=O)C(Sc2ccccc2)c2ccccc2)C1. The average molecular weight is 459 g/mol. The monoisotopic (exact) mass is 458 g/mol. The van der Waals surface area contributed by atoms with Crippen molar-refractivity contribution in [2.75, 3.05) is 0 Å². The van der Waals surface area contributed by atoms with E-state index in [0.29, 0.717) is 5.92 Å². The lowest BCUT2D eigenvalue weighted by molar-refractivity contribution is -0.156. The molecule has 0 aliphatic heterocycles. The molecule has 2 nitrogen and oxygen atoms in total. The predicted octanol–water partition coefficient (Wildman–Crippen LogP) is 7.85. The molecular weight excluding hydrogens is 424 g/mol. The van der Waals surface area contributed by atoms with Crippen LogP contribution in [-0.2, 0) is 14.9 Å². The Kier molecular flexibility index (Phi) is 7.60. The summed E-state index contributed by atoms with van der Waals surface area (Å²) < 4.78 is 6.41. The van der Waals surface area contributed by atoms with Gasteiger partial charge in [0.25, 0.3) is 0 Å². The number of carbonyl (C=O) groups is 1. The number of benzene rings is 3. The van der Waals surface area contributed by atoms with Gasteiger partial charge in [-0.2, -0.15) is 0 Å². The van der Waals surface area contributed by atoms with Crippen molar-refractivity contribution in [2.45, 2.75) is 61.7 Å². The number of rotatable bonds is 7. The second-order valence-electron chi connectivity index (χ2n) is 9.81. The summed E-state index contributed by atoms with van der Waals surface area (Å²) in [7, 11) is 0. The summed E-state index contributed by atoms with van der Waals surface area (Å²) in [6.07, 6.45) is 3.09. The molecule has 0 saturated heterocycles. The minimum absolute atomic E-state index is 0.0683. The maximum absolute atomic E-state index is 13.7. The molecule has 1 aliphatic carbocycles. The predicted molar refractivity (Wildman–Crippen MR) is 137 cm³/mol. The van der Waals surface area contributed by atoms with E-state index in [-0.39, 0.29) is 28.7 Å². The number of carbonyl (C=O) groups excluding carboxylic acids is 1. The van der Waals surface area contributed by atoms with Crippen molar-refractivity contribution in [1.29, 1.82) is 0 Å². The fraction of sp³-hybridized carbons (Fsp3) is 0.367. The summed E-state index contributed by atoms with van der Waals surface area (Å²) in [5, 5.41) is -0.383. The van der Waals surface area contributed by atoms with E-state index < -0.39 is 0 Å². The third-order valence-corrected chi connectivity index (χ3v) is 8.32. The van der Waals surface area contributed by atoms with Gasteiger partial charge in [-0.1, -0.05) is 106 Å². The van der Waals surface area contributed by atoms with Gasteiger partial charge in [-0.05, 0) is 47.4 Å². The van der Waals surface area contributed by atoms with Gasteiger partial charge in [0.1, 0.15) is 11.4 Å². The van der Waals surface area contributed by atoms with Gasteiger partial charge in [0.15, 0.2) is 0 Å². The molecule has 1 unspecified atom stereocenters. The Morgan fingerprint density at radius 1 is 0.879 bits per heavy atom. The summed E-state index contributed by atoms with van der Waals surface area (Å²) >= 11 is 1.57. The van der Waals surface area contributed by atoms with Crippen molar-refractivity contribution in [3.8, 4) is 0 Å². The Morgan fingerprint density at radius 3 is 2.09 bits per heavy atom. The van der Waals surface area contributed by atoms with Crippen LogP contribution in [0.15, 0.2) is 95.9 Å². The standard InChI is InChI=1S/C30H34O2S/c1-22-19-20-26(30(2,3)24-15-9-5-10-16-24)27(21-22)32-29(31)28(23-13-7-4-8-14-23)33-25-17-11-6-12-18-25/h4-18,22,26-28H,19-21H2,1-3H3/t22-,26-,27-,28?/m1/s1. The van der Waals surface area contributed by atoms with Gasteiger partial charge >= 0.3 is 5.97 Å². The molecule has 0 aromatic heterocycles. The Balaban J connectivity index is 1.59. The van der Waals surface area contributed by atoms with Crippen LogP contribution in [0.5, 0.6) is 0 Å². The lowest BCUT2D eigenvalue weighted by Crippen LogP contribution is -2.44. The highest BCUT2D eigenvalue weighted by atomic mass is 32.2. The molecule has 0 N–H and O–H groups in total. The maximum Gasteiger partial charge on any atom is 0.324 e. The second-order valence-corrected chi connectivity index (χ2v) is 11.0. The first kappa shape index (κ1) is 23.6. The Bertz CT molecular complexity index is 1020. The van der Waals surface area contributed by atoms with Crippen molar-refractivity contribution in [2.24, 2.45) is 11.8 Å². The Hall–Kier alpha value is -2.52. The molecule has 0 heterocycles. The molecule has 3 heteroatoms. The van der Waals surface area contributed by atoms with Crippen molar-refractivity contribution in [1.82, 2.24) is 0 Å². The van der Waals surface area contributed by atoms with E-state index in [9.17, 15) is 4.79 Å². The highest BCUT2D eigenvalue weighted by molar-refractivity contribution is 8.00. The molecule has 0 amide bonds. The Morgan fingerprint density at radius 2 is 1.45 bits per heavy atom. The summed E-state index contributed by atoms with van der Waals surface area (Å²) in [6.45, 7) is 6.88. The topological polar surface area (TPSA) is 26.3 Å². The van der Waals surface area contributed by atoms with Crippen LogP contribution < -0.4 is 0 Å². The van der Waals surface area contributed by atoms with Crippen LogP contribution in [0.4, 0.5) is 0 Å². The molecule has 0 radical (unpaired) electrons. The first-order valence-corrected chi connectivity index (χ1v) is 12.9. The van der Waals surface area contributed by atoms with Gasteiger partial charge in [0.2, 0.25) is 0 Å². The van der Waals surface area contributed by atoms with E-state index in [0.717, 1.165) is 23.3 Å². The van der Waals surface area contributed by atoms with Crippen LogP contribution in [0.25, 0.3) is 0 Å². The normalized spacial score (nSPS) is 21.8. The number of hydrogen-bond donors (Lipinski definition) is 0. The van der Waals surface area contributed by atoms with Crippen molar-refractivity contribution in [3.63, 3.8) is 0 Å². The number of ether oxygens (including phenoxy) is 1. The molecule has 1 saturated carbocycles. The third kappa shape index (κ3) is 5.70. The van der Waals surface area contributed by atoms with E-state index in [4.69, 9.17) is 4.74 Å². The number of hydrogen-bond acceptors (Lipinski definition) is 3. The molecule has 1 fully saturated rings. The quantitative estimate of drug-likeness (QED) is 0.266. The lowest BCUT2D eigenvalue weighted by Gasteiger charge is -2.44. The summed E-state index contributed by atoms with van der Waals surface area (Å²) in [5.41, 5.74) is 2.23. The van der Waals surface area contributed by atoms with Gasteiger partial charge in [0.05, 0.1) is 0 Å². The molecule has 0 spiro atoms. The molecular formula is C30H34O2S. The van der Waals surface area contributed by atoms with Gasteiger partial charge in [-0.25, -0.2) is 0 Å². The average Bonchev–Trinajstić information content (AvgIpc) is 2.84. The zero-order chi connectivity index (χ0) is 23.3. The summed E-state index contributed by atoms with van der Waals surface area (Å²) in [4.78, 5) is 14.8. The largest absolute Gasteiger partial charge is 0.461 e. The van der Waals surface area contributed by atoms with Crippen LogP contribution in [0, 0.1) is 11.8 Å². The van der Waals surface area contributed by atoms with E-state index in [1.165, 1.54) is 12.0 Å². The molecule has 4 atom stereocenters. The van der Waals surface area contributed by atoms with Gasteiger partial charge in [-0.15, -0.1) is 11.8 Å². The van der Waals surface area contributed by atoms with Gasteiger partial charge < -0.3 is 4.74 Å². The zero-order valence-corrected chi connectivity index (χ0v) is 20.6. The third-order valence-electron chi connectivity index (χ3n) is 7.08. The van der Waals surface area contributed by atoms with Crippen molar-refractivity contribution < 1.29 is 9.53 Å². The molecule has 172 valence electrons. The zero-order valence-electron chi connectivity index (χ0n) is 19.8. The minimum Gasteiger partial charge on any atom is -0.461 e. The first-order chi connectivity index (χ1) is 15.9. The second kappa shape index (κ2) is 10.6.